The second-order valence-corrected chi connectivity index (χ2v) is 10.1. The number of hydrogen-bond acceptors (Lipinski definition) is 3. The number of fused-ring (bicyclic) bond motifs is 2. The number of hydrogen-bond donors (Lipinski definition) is 1. The van der Waals surface area contributed by atoms with Crippen LogP contribution >= 0.6 is 27.5 Å². The quantitative estimate of drug-likeness (QED) is 0.417. The Labute approximate surface area is 206 Å². The third-order valence-corrected chi connectivity index (χ3v) is 7.53. The summed E-state index contributed by atoms with van der Waals surface area (Å²) in [5.41, 5.74) is 2.87. The van der Waals surface area contributed by atoms with E-state index in [1.807, 2.05) is 42.5 Å². The van der Waals surface area contributed by atoms with Crippen molar-refractivity contribution < 1.29 is 14.7 Å². The number of halogens is 2. The molecule has 0 unspecified atom stereocenters. The molecule has 4 nitrogen and oxygen atoms in total. The molecule has 1 N–H and O–H groups in total. The lowest BCUT2D eigenvalue weighted by Gasteiger charge is -2.23. The third kappa shape index (κ3) is 4.03. The summed E-state index contributed by atoms with van der Waals surface area (Å²) in [5, 5.41) is 12.2. The first-order chi connectivity index (χ1) is 15.9. The van der Waals surface area contributed by atoms with Gasteiger partial charge in [-0.1, -0.05) is 57.9 Å². The zero-order chi connectivity index (χ0) is 23.2. The Morgan fingerprint density at radius 3 is 2.58 bits per heavy atom. The summed E-state index contributed by atoms with van der Waals surface area (Å²) >= 11 is 9.77. The number of aliphatic hydroxyl groups is 1. The molecular formula is C27H23BrClNO3. The van der Waals surface area contributed by atoms with Crippen LogP contribution in [0, 0.1) is 0 Å². The molecule has 168 valence electrons. The lowest BCUT2D eigenvalue weighted by Crippen LogP contribution is -2.41. The lowest BCUT2D eigenvalue weighted by molar-refractivity contribution is -0.136. The monoisotopic (exact) mass is 523 g/mol. The van der Waals surface area contributed by atoms with E-state index in [0.29, 0.717) is 21.8 Å². The molecule has 2 aliphatic rings. The Bertz CT molecular complexity index is 1270. The van der Waals surface area contributed by atoms with Gasteiger partial charge in [0.25, 0.3) is 5.91 Å². The number of aryl methyl sites for hydroxylation is 2. The van der Waals surface area contributed by atoms with Crippen molar-refractivity contribution in [3.63, 3.8) is 0 Å². The van der Waals surface area contributed by atoms with Gasteiger partial charge in [-0.15, -0.1) is 0 Å². The predicted molar refractivity (Wildman–Crippen MR) is 133 cm³/mol. The third-order valence-electron chi connectivity index (χ3n) is 6.67. The highest BCUT2D eigenvalue weighted by Crippen LogP contribution is 2.45. The van der Waals surface area contributed by atoms with E-state index in [-0.39, 0.29) is 18.7 Å². The number of amides is 1. The predicted octanol–water partition coefficient (Wildman–Crippen LogP) is 5.99. The van der Waals surface area contributed by atoms with Crippen molar-refractivity contribution in [1.29, 1.82) is 0 Å². The second kappa shape index (κ2) is 8.71. The van der Waals surface area contributed by atoms with Gasteiger partial charge < -0.3 is 10.0 Å². The molecule has 6 heteroatoms. The summed E-state index contributed by atoms with van der Waals surface area (Å²) in [7, 11) is 0. The van der Waals surface area contributed by atoms with Crippen LogP contribution in [0.25, 0.3) is 0 Å². The molecule has 1 aliphatic carbocycles. The van der Waals surface area contributed by atoms with Gasteiger partial charge >= 0.3 is 0 Å². The second-order valence-electron chi connectivity index (χ2n) is 8.80. The zero-order valence-corrected chi connectivity index (χ0v) is 20.3. The number of carbonyl (C=O) groups excluding carboxylic acids is 2. The highest BCUT2D eigenvalue weighted by molar-refractivity contribution is 9.10. The highest BCUT2D eigenvalue weighted by atomic mass is 79.9. The van der Waals surface area contributed by atoms with E-state index in [2.05, 4.69) is 15.9 Å². The van der Waals surface area contributed by atoms with Crippen LogP contribution in [0.4, 0.5) is 5.69 Å². The Kier molecular flexibility index (Phi) is 5.89. The van der Waals surface area contributed by atoms with Crippen molar-refractivity contribution in [1.82, 2.24) is 0 Å². The first-order valence-electron chi connectivity index (χ1n) is 11.1. The van der Waals surface area contributed by atoms with Gasteiger partial charge in [0.05, 0.1) is 18.7 Å². The van der Waals surface area contributed by atoms with Crippen LogP contribution in [-0.4, -0.2) is 16.8 Å². The Morgan fingerprint density at radius 2 is 1.79 bits per heavy atom. The van der Waals surface area contributed by atoms with Crippen molar-refractivity contribution in [3.05, 3.63) is 98.0 Å². The average Bonchev–Trinajstić information content (AvgIpc) is 3.01. The number of benzene rings is 3. The molecule has 0 saturated carbocycles. The van der Waals surface area contributed by atoms with Gasteiger partial charge in [-0.25, -0.2) is 0 Å². The van der Waals surface area contributed by atoms with E-state index in [1.54, 1.807) is 18.2 Å². The smallest absolute Gasteiger partial charge is 0.264 e. The van der Waals surface area contributed by atoms with Crippen molar-refractivity contribution in [3.8, 4) is 0 Å². The minimum absolute atomic E-state index is 0.211. The normalized spacial score (nSPS) is 19.4. The summed E-state index contributed by atoms with van der Waals surface area (Å²) in [6, 6.07) is 18.4. The molecule has 0 bridgehead atoms. The molecule has 0 aromatic heterocycles. The molecule has 1 atom stereocenters. The first-order valence-corrected chi connectivity index (χ1v) is 12.3. The van der Waals surface area contributed by atoms with Gasteiger partial charge in [-0.3, -0.25) is 9.59 Å². The number of anilines is 1. The molecule has 1 heterocycles. The Hall–Kier alpha value is -2.47. The summed E-state index contributed by atoms with van der Waals surface area (Å²) < 4.78 is 0.730. The van der Waals surface area contributed by atoms with Gasteiger partial charge in [-0.05, 0) is 72.7 Å². The highest BCUT2D eigenvalue weighted by Gasteiger charge is 2.51. The van der Waals surface area contributed by atoms with Crippen molar-refractivity contribution in [2.75, 3.05) is 4.90 Å². The minimum Gasteiger partial charge on any atom is -0.375 e. The molecule has 33 heavy (non-hydrogen) atoms. The fourth-order valence-corrected chi connectivity index (χ4v) is 5.45. The van der Waals surface area contributed by atoms with E-state index in [0.717, 1.165) is 29.3 Å². The van der Waals surface area contributed by atoms with Crippen molar-refractivity contribution in [2.24, 2.45) is 0 Å². The van der Waals surface area contributed by atoms with Gasteiger partial charge in [0.15, 0.2) is 11.4 Å². The largest absolute Gasteiger partial charge is 0.375 e. The molecule has 0 spiro atoms. The Balaban J connectivity index is 1.49. The number of nitrogens with zero attached hydrogens (tertiary/aromatic N) is 1. The zero-order valence-electron chi connectivity index (χ0n) is 18.0. The maximum atomic E-state index is 13.6. The van der Waals surface area contributed by atoms with E-state index >= 15 is 0 Å². The molecule has 1 aliphatic heterocycles. The van der Waals surface area contributed by atoms with Gasteiger partial charge in [-0.2, -0.15) is 0 Å². The number of ketones is 1. The van der Waals surface area contributed by atoms with Gasteiger partial charge in [0.1, 0.15) is 0 Å². The minimum atomic E-state index is -1.94. The van der Waals surface area contributed by atoms with Crippen molar-refractivity contribution >= 4 is 44.9 Å². The maximum absolute atomic E-state index is 13.6. The van der Waals surface area contributed by atoms with E-state index < -0.39 is 11.5 Å². The van der Waals surface area contributed by atoms with Gasteiger partial charge in [0, 0.05) is 20.6 Å². The summed E-state index contributed by atoms with van der Waals surface area (Å²) in [5.74, 6) is -0.758. The van der Waals surface area contributed by atoms with Crippen molar-refractivity contribution in [2.45, 2.75) is 44.2 Å². The van der Waals surface area contributed by atoms with Crippen LogP contribution in [0.5, 0.6) is 0 Å². The molecule has 5 rings (SSSR count). The number of Topliss-reactive ketones (excluding diaryl/α,β-unsaturated/α-hetero) is 1. The molecule has 0 radical (unpaired) electrons. The molecule has 0 fully saturated rings. The first kappa shape index (κ1) is 22.3. The maximum Gasteiger partial charge on any atom is 0.264 e. The van der Waals surface area contributed by atoms with E-state index in [1.165, 1.54) is 22.4 Å². The SMILES string of the molecule is O=C(C[C@@]1(O)C(=O)N(Cc2ccccc2Cl)c2ccc(Br)cc21)c1ccc2c(c1)CCCC2. The summed E-state index contributed by atoms with van der Waals surface area (Å²) in [4.78, 5) is 28.4. The fraction of sp³-hybridized carbons (Fsp3) is 0.259. The average molecular weight is 525 g/mol. The Morgan fingerprint density at radius 1 is 1.03 bits per heavy atom. The molecular weight excluding hydrogens is 502 g/mol. The number of rotatable bonds is 5. The topological polar surface area (TPSA) is 57.6 Å². The molecule has 1 amide bonds. The van der Waals surface area contributed by atoms with E-state index in [9.17, 15) is 14.7 Å². The van der Waals surface area contributed by atoms with Gasteiger partial charge in [0.2, 0.25) is 0 Å². The molecule has 3 aromatic rings. The van der Waals surface area contributed by atoms with Crippen LogP contribution in [0.1, 0.15) is 51.9 Å². The summed E-state index contributed by atoms with van der Waals surface area (Å²) in [6.07, 6.45) is 3.96. The van der Waals surface area contributed by atoms with Crippen LogP contribution in [0.2, 0.25) is 5.02 Å². The molecule has 0 saturated heterocycles. The van der Waals surface area contributed by atoms with E-state index in [4.69, 9.17) is 11.6 Å². The summed E-state index contributed by atoms with van der Waals surface area (Å²) in [6.45, 7) is 0.211. The number of carbonyl (C=O) groups is 2. The van der Waals surface area contributed by atoms with Crippen LogP contribution in [-0.2, 0) is 29.8 Å². The lowest BCUT2D eigenvalue weighted by atomic mass is 9.85. The standard InChI is InChI=1S/C27H23BrClNO3/c28-21-11-12-24-22(14-21)27(33,26(32)30(24)16-20-7-3-4-8-23(20)29)15-25(31)19-10-9-17-5-1-2-6-18(17)13-19/h3-4,7-14,33H,1-2,5-6,15-16H2/t27-/m0/s1. The van der Waals surface area contributed by atoms with Crippen LogP contribution in [0.15, 0.2) is 65.1 Å². The van der Waals surface area contributed by atoms with Crippen LogP contribution in [0.3, 0.4) is 0 Å². The fourth-order valence-electron chi connectivity index (χ4n) is 4.89. The molecule has 3 aromatic carbocycles. The van der Waals surface area contributed by atoms with Crippen LogP contribution < -0.4 is 4.90 Å².